The van der Waals surface area contributed by atoms with Crippen LogP contribution in [0.5, 0.6) is 0 Å². The smallest absolute Gasteiger partial charge is 0.253 e. The maximum Gasteiger partial charge on any atom is 0.253 e. The molecule has 0 aliphatic heterocycles. The summed E-state index contributed by atoms with van der Waals surface area (Å²) in [5.41, 5.74) is 0.728. The van der Waals surface area contributed by atoms with Crippen LogP contribution in [-0.4, -0.2) is 41.5 Å². The van der Waals surface area contributed by atoms with Gasteiger partial charge in [0.25, 0.3) is 5.91 Å². The highest BCUT2D eigenvalue weighted by Crippen LogP contribution is 2.23. The van der Waals surface area contributed by atoms with E-state index in [0.29, 0.717) is 12.1 Å². The van der Waals surface area contributed by atoms with Crippen LogP contribution in [0.15, 0.2) is 24.5 Å². The number of hydrogen-bond donors (Lipinski definition) is 1. The topological polar surface area (TPSA) is 45.2 Å². The van der Waals surface area contributed by atoms with Crippen molar-refractivity contribution in [3.05, 3.63) is 30.1 Å². The Bertz CT molecular complexity index is 399. The van der Waals surface area contributed by atoms with Crippen molar-refractivity contribution < 1.29 is 4.79 Å². The zero-order valence-electron chi connectivity index (χ0n) is 11.8. The van der Waals surface area contributed by atoms with Gasteiger partial charge in [-0.3, -0.25) is 9.78 Å². The molecule has 1 aliphatic rings. The fraction of sp³-hybridized carbons (Fsp3) is 0.600. The standard InChI is InChI=1S/C15H23N3O/c1-3-17-13-4-6-14(7-5-13)18(2)15(19)12-8-10-16-11-9-12/h8-11,13-14,17H,3-7H2,1-2H3. The summed E-state index contributed by atoms with van der Waals surface area (Å²) < 4.78 is 0. The van der Waals surface area contributed by atoms with Crippen LogP contribution < -0.4 is 5.32 Å². The van der Waals surface area contributed by atoms with Crippen molar-refractivity contribution >= 4 is 5.91 Å². The highest BCUT2D eigenvalue weighted by molar-refractivity contribution is 5.94. The van der Waals surface area contributed by atoms with Gasteiger partial charge in [0.05, 0.1) is 0 Å². The van der Waals surface area contributed by atoms with E-state index < -0.39 is 0 Å². The van der Waals surface area contributed by atoms with Crippen LogP contribution in [0, 0.1) is 0 Å². The fourth-order valence-corrected chi connectivity index (χ4v) is 2.82. The van der Waals surface area contributed by atoms with Gasteiger partial charge in [0, 0.05) is 37.1 Å². The first-order valence-corrected chi connectivity index (χ1v) is 7.13. The molecule has 1 heterocycles. The summed E-state index contributed by atoms with van der Waals surface area (Å²) in [5, 5.41) is 3.49. The van der Waals surface area contributed by atoms with Crippen LogP contribution in [0.4, 0.5) is 0 Å². The second kappa shape index (κ2) is 6.66. The van der Waals surface area contributed by atoms with Crippen molar-refractivity contribution in [1.82, 2.24) is 15.2 Å². The molecule has 0 saturated heterocycles. The molecule has 0 spiro atoms. The van der Waals surface area contributed by atoms with Crippen LogP contribution >= 0.6 is 0 Å². The first kappa shape index (κ1) is 14.0. The van der Waals surface area contributed by atoms with E-state index in [1.54, 1.807) is 24.5 Å². The number of nitrogens with one attached hydrogen (secondary N) is 1. The molecule has 1 saturated carbocycles. The van der Waals surface area contributed by atoms with Gasteiger partial charge in [-0.15, -0.1) is 0 Å². The quantitative estimate of drug-likeness (QED) is 0.902. The van der Waals surface area contributed by atoms with Gasteiger partial charge in [-0.05, 0) is 44.4 Å². The molecule has 1 N–H and O–H groups in total. The van der Waals surface area contributed by atoms with E-state index >= 15 is 0 Å². The minimum Gasteiger partial charge on any atom is -0.339 e. The number of rotatable bonds is 4. The fourth-order valence-electron chi connectivity index (χ4n) is 2.82. The number of hydrogen-bond acceptors (Lipinski definition) is 3. The van der Waals surface area contributed by atoms with Crippen molar-refractivity contribution in [1.29, 1.82) is 0 Å². The van der Waals surface area contributed by atoms with Gasteiger partial charge in [0.2, 0.25) is 0 Å². The molecule has 1 aromatic rings. The summed E-state index contributed by atoms with van der Waals surface area (Å²) in [5.74, 6) is 0.106. The Balaban J connectivity index is 1.91. The lowest BCUT2D eigenvalue weighted by molar-refractivity contribution is 0.0684. The molecule has 0 unspecified atom stereocenters. The van der Waals surface area contributed by atoms with Gasteiger partial charge >= 0.3 is 0 Å². The van der Waals surface area contributed by atoms with Crippen molar-refractivity contribution in [2.45, 2.75) is 44.7 Å². The Morgan fingerprint density at radius 1 is 1.32 bits per heavy atom. The molecule has 0 atom stereocenters. The molecule has 0 radical (unpaired) electrons. The van der Waals surface area contributed by atoms with Crippen LogP contribution in [0.2, 0.25) is 0 Å². The highest BCUT2D eigenvalue weighted by Gasteiger charge is 2.26. The highest BCUT2D eigenvalue weighted by atomic mass is 16.2. The summed E-state index contributed by atoms with van der Waals surface area (Å²) in [6.07, 6.45) is 7.83. The monoisotopic (exact) mass is 261 g/mol. The average molecular weight is 261 g/mol. The molecule has 0 aromatic carbocycles. The number of carbonyl (C=O) groups excluding carboxylic acids is 1. The van der Waals surface area contributed by atoms with E-state index in [1.807, 2.05) is 11.9 Å². The molecular formula is C15H23N3O. The lowest BCUT2D eigenvalue weighted by Crippen LogP contribution is -2.43. The molecule has 19 heavy (non-hydrogen) atoms. The van der Waals surface area contributed by atoms with Crippen molar-refractivity contribution in [2.75, 3.05) is 13.6 Å². The Morgan fingerprint density at radius 2 is 1.95 bits per heavy atom. The zero-order chi connectivity index (χ0) is 13.7. The maximum absolute atomic E-state index is 12.3. The predicted octanol–water partition coefficient (Wildman–Crippen LogP) is 2.07. The van der Waals surface area contributed by atoms with Gasteiger partial charge < -0.3 is 10.2 Å². The lowest BCUT2D eigenvalue weighted by Gasteiger charge is -2.35. The second-order valence-electron chi connectivity index (χ2n) is 5.22. The SMILES string of the molecule is CCNC1CCC(N(C)C(=O)c2ccncc2)CC1. The van der Waals surface area contributed by atoms with Crippen molar-refractivity contribution in [2.24, 2.45) is 0 Å². The van der Waals surface area contributed by atoms with Crippen LogP contribution in [0.25, 0.3) is 0 Å². The summed E-state index contributed by atoms with van der Waals surface area (Å²) >= 11 is 0. The largest absolute Gasteiger partial charge is 0.339 e. The van der Waals surface area contributed by atoms with Gasteiger partial charge in [0.15, 0.2) is 0 Å². The molecule has 4 heteroatoms. The summed E-state index contributed by atoms with van der Waals surface area (Å²) in [4.78, 5) is 18.2. The lowest BCUT2D eigenvalue weighted by atomic mass is 9.90. The molecule has 1 aromatic heterocycles. The third-order valence-corrected chi connectivity index (χ3v) is 3.98. The number of pyridine rings is 1. The number of nitrogens with zero attached hydrogens (tertiary/aromatic N) is 2. The Kier molecular flexibility index (Phi) is 4.91. The van der Waals surface area contributed by atoms with Gasteiger partial charge in [0.1, 0.15) is 0 Å². The van der Waals surface area contributed by atoms with E-state index in [1.165, 1.54) is 0 Å². The van der Waals surface area contributed by atoms with E-state index in [-0.39, 0.29) is 5.91 Å². The molecule has 104 valence electrons. The minimum atomic E-state index is 0.106. The van der Waals surface area contributed by atoms with E-state index in [9.17, 15) is 4.79 Å². The maximum atomic E-state index is 12.3. The van der Waals surface area contributed by atoms with Crippen molar-refractivity contribution in [3.63, 3.8) is 0 Å². The third kappa shape index (κ3) is 3.53. The second-order valence-corrected chi connectivity index (χ2v) is 5.22. The first-order valence-electron chi connectivity index (χ1n) is 7.13. The number of amides is 1. The molecule has 1 amide bonds. The normalized spacial score (nSPS) is 23.1. The van der Waals surface area contributed by atoms with E-state index in [4.69, 9.17) is 0 Å². The Hall–Kier alpha value is -1.42. The third-order valence-electron chi connectivity index (χ3n) is 3.98. The molecule has 1 aliphatic carbocycles. The van der Waals surface area contributed by atoms with Gasteiger partial charge in [-0.2, -0.15) is 0 Å². The van der Waals surface area contributed by atoms with Crippen molar-refractivity contribution in [3.8, 4) is 0 Å². The predicted molar refractivity (Wildman–Crippen MR) is 76.1 cm³/mol. The average Bonchev–Trinajstić information content (AvgIpc) is 2.48. The van der Waals surface area contributed by atoms with Crippen LogP contribution in [-0.2, 0) is 0 Å². The Morgan fingerprint density at radius 3 is 2.53 bits per heavy atom. The first-order chi connectivity index (χ1) is 9.22. The van der Waals surface area contributed by atoms with E-state index in [0.717, 1.165) is 37.8 Å². The molecule has 1 fully saturated rings. The van der Waals surface area contributed by atoms with Gasteiger partial charge in [-0.1, -0.05) is 6.92 Å². The van der Waals surface area contributed by atoms with E-state index in [2.05, 4.69) is 17.2 Å². The van der Waals surface area contributed by atoms with Gasteiger partial charge in [-0.25, -0.2) is 0 Å². The molecular weight excluding hydrogens is 238 g/mol. The summed E-state index contributed by atoms with van der Waals surface area (Å²) in [7, 11) is 1.92. The number of carbonyl (C=O) groups is 1. The summed E-state index contributed by atoms with van der Waals surface area (Å²) in [6.45, 7) is 3.17. The molecule has 4 nitrogen and oxygen atoms in total. The van der Waals surface area contributed by atoms with Crippen LogP contribution in [0.3, 0.4) is 0 Å². The Labute approximate surface area is 115 Å². The molecule has 0 bridgehead atoms. The minimum absolute atomic E-state index is 0.106. The summed E-state index contributed by atoms with van der Waals surface area (Å²) in [6, 6.07) is 4.56. The number of aromatic nitrogens is 1. The molecule has 2 rings (SSSR count). The van der Waals surface area contributed by atoms with Crippen LogP contribution in [0.1, 0.15) is 43.0 Å². The zero-order valence-corrected chi connectivity index (χ0v) is 11.8.